The third-order valence-electron chi connectivity index (χ3n) is 6.33. The lowest BCUT2D eigenvalue weighted by Gasteiger charge is -2.36. The quantitative estimate of drug-likeness (QED) is 0.488. The topological polar surface area (TPSA) is 118 Å². The number of pyridine rings is 1. The fourth-order valence-corrected chi connectivity index (χ4v) is 4.38. The number of aromatic nitrogens is 1. The van der Waals surface area contributed by atoms with Crippen LogP contribution < -0.4 is 0 Å². The Balaban J connectivity index is 0.000000317. The van der Waals surface area contributed by atoms with Gasteiger partial charge in [-0.15, -0.1) is 0 Å². The largest absolute Gasteiger partial charge is 0.490 e. The van der Waals surface area contributed by atoms with Crippen molar-refractivity contribution in [3.63, 3.8) is 0 Å². The highest BCUT2D eigenvalue weighted by atomic mass is 19.4. The van der Waals surface area contributed by atoms with Crippen LogP contribution in [0.15, 0.2) is 24.4 Å². The van der Waals surface area contributed by atoms with Crippen LogP contribution in [0.2, 0.25) is 0 Å². The zero-order chi connectivity index (χ0) is 29.1. The van der Waals surface area contributed by atoms with Crippen LogP contribution in [0.1, 0.15) is 37.8 Å². The average molecular weight is 575 g/mol. The van der Waals surface area contributed by atoms with E-state index in [9.17, 15) is 26.3 Å². The summed E-state index contributed by atoms with van der Waals surface area (Å²) in [5, 5.41) is 14.2. The minimum atomic E-state index is -5.08. The third-order valence-corrected chi connectivity index (χ3v) is 6.33. The molecule has 4 rings (SSSR count). The lowest BCUT2D eigenvalue weighted by Crippen LogP contribution is -2.43. The van der Waals surface area contributed by atoms with Crippen molar-refractivity contribution in [2.75, 3.05) is 33.0 Å². The van der Waals surface area contributed by atoms with Gasteiger partial charge < -0.3 is 24.4 Å². The second-order valence-electron chi connectivity index (χ2n) is 9.22. The van der Waals surface area contributed by atoms with Gasteiger partial charge >= 0.3 is 24.3 Å². The van der Waals surface area contributed by atoms with Crippen LogP contribution in [0.3, 0.4) is 0 Å². The van der Waals surface area contributed by atoms with Crippen LogP contribution in [-0.2, 0) is 30.3 Å². The molecule has 0 saturated carbocycles. The van der Waals surface area contributed by atoms with Gasteiger partial charge in [0.25, 0.3) is 0 Å². The average Bonchev–Trinajstić information content (AvgIpc) is 3.27. The van der Waals surface area contributed by atoms with E-state index in [1.165, 1.54) is 6.42 Å². The van der Waals surface area contributed by atoms with Gasteiger partial charge in [0.2, 0.25) is 0 Å². The van der Waals surface area contributed by atoms with E-state index in [2.05, 4.69) is 22.0 Å². The van der Waals surface area contributed by atoms with Crippen molar-refractivity contribution in [3.8, 4) is 0 Å². The van der Waals surface area contributed by atoms with Crippen molar-refractivity contribution in [3.05, 3.63) is 30.1 Å². The number of likely N-dealkylation sites (tertiary alicyclic amines) is 1. The number of carboxylic acids is 2. The van der Waals surface area contributed by atoms with E-state index >= 15 is 0 Å². The van der Waals surface area contributed by atoms with Gasteiger partial charge in [0.1, 0.15) is 0 Å². The van der Waals surface area contributed by atoms with Gasteiger partial charge in [-0.25, -0.2) is 9.59 Å². The first-order valence-electron chi connectivity index (χ1n) is 12.3. The molecule has 3 fully saturated rings. The fraction of sp³-hybridized carbons (Fsp3) is 0.708. The molecule has 0 aromatic carbocycles. The summed E-state index contributed by atoms with van der Waals surface area (Å²) in [6, 6.07) is 6.71. The SMILES string of the molecule is O=C(O)C(F)(F)F.O=C(O)C(F)(F)F.c1ccc(CN2CC[C@@H]3O[C@@H](COCC4CCOCC4)CC[C@@H]32)nc1. The predicted octanol–water partition coefficient (Wildman–Crippen LogP) is 3.91. The Morgan fingerprint density at radius 3 is 2.10 bits per heavy atom. The zero-order valence-electron chi connectivity index (χ0n) is 21.0. The highest BCUT2D eigenvalue weighted by Gasteiger charge is 2.40. The Labute approximate surface area is 221 Å². The van der Waals surface area contributed by atoms with E-state index in [0.29, 0.717) is 18.1 Å². The summed E-state index contributed by atoms with van der Waals surface area (Å²) < 4.78 is 81.2. The fourth-order valence-electron chi connectivity index (χ4n) is 4.38. The van der Waals surface area contributed by atoms with E-state index in [1.54, 1.807) is 0 Å². The monoisotopic (exact) mass is 574 g/mol. The second kappa shape index (κ2) is 15.3. The molecule has 3 aliphatic heterocycles. The Morgan fingerprint density at radius 2 is 1.56 bits per heavy atom. The summed E-state index contributed by atoms with van der Waals surface area (Å²) in [6.45, 7) is 5.45. The minimum Gasteiger partial charge on any atom is -0.475 e. The maximum Gasteiger partial charge on any atom is 0.490 e. The standard InChI is InChI=1S/C20H30N2O3.2C2HF3O2/c1-2-9-21-17(3-1)13-22-10-6-20-19(22)5-4-18(25-20)15-24-14-16-7-11-23-12-8-16;2*3-2(4,5)1(6)7/h1-3,9,16,18-20H,4-8,10-15H2;2*(H,6,7)/t18-,19+,20+;;/m1../s1. The molecular weight excluding hydrogens is 542 g/mol. The normalized spacial score (nSPS) is 24.0. The van der Waals surface area contributed by atoms with Gasteiger partial charge in [-0.2, -0.15) is 26.3 Å². The molecule has 3 saturated heterocycles. The van der Waals surface area contributed by atoms with Crippen molar-refractivity contribution in [2.24, 2.45) is 5.92 Å². The van der Waals surface area contributed by atoms with E-state index in [-0.39, 0.29) is 6.10 Å². The lowest BCUT2D eigenvalue weighted by molar-refractivity contribution is -0.193. The highest BCUT2D eigenvalue weighted by Crippen LogP contribution is 2.32. The van der Waals surface area contributed by atoms with Crippen LogP contribution in [0, 0.1) is 5.92 Å². The molecule has 0 bridgehead atoms. The number of nitrogens with zero attached hydrogens (tertiary/aromatic N) is 2. The Hall–Kier alpha value is -2.49. The van der Waals surface area contributed by atoms with Gasteiger partial charge in [0, 0.05) is 45.1 Å². The van der Waals surface area contributed by atoms with Crippen molar-refractivity contribution in [1.29, 1.82) is 0 Å². The Morgan fingerprint density at radius 1 is 0.949 bits per heavy atom. The number of ether oxygens (including phenoxy) is 3. The summed E-state index contributed by atoms with van der Waals surface area (Å²) in [5.74, 6) is -4.84. The van der Waals surface area contributed by atoms with Crippen LogP contribution in [0.25, 0.3) is 0 Å². The minimum absolute atomic E-state index is 0.274. The van der Waals surface area contributed by atoms with E-state index < -0.39 is 24.3 Å². The van der Waals surface area contributed by atoms with Crippen molar-refractivity contribution in [2.45, 2.75) is 69.3 Å². The van der Waals surface area contributed by atoms with E-state index in [4.69, 9.17) is 34.0 Å². The number of rotatable bonds is 6. The third kappa shape index (κ3) is 12.1. The number of halogens is 6. The van der Waals surface area contributed by atoms with Gasteiger partial charge in [-0.3, -0.25) is 9.88 Å². The molecule has 0 aliphatic carbocycles. The number of carboxylic acid groups (broad SMARTS) is 2. The Kier molecular flexibility index (Phi) is 12.9. The molecule has 1 aromatic heterocycles. The smallest absolute Gasteiger partial charge is 0.475 e. The Bertz CT molecular complexity index is 858. The first-order valence-corrected chi connectivity index (χ1v) is 12.3. The van der Waals surface area contributed by atoms with Crippen molar-refractivity contribution < 1.29 is 60.4 Å². The molecule has 0 unspecified atom stereocenters. The van der Waals surface area contributed by atoms with E-state index in [1.807, 2.05) is 12.3 Å². The molecule has 0 radical (unpaired) electrons. The second-order valence-corrected chi connectivity index (χ2v) is 9.22. The van der Waals surface area contributed by atoms with Crippen LogP contribution in [0.4, 0.5) is 26.3 Å². The molecule has 1 aromatic rings. The molecule has 2 N–H and O–H groups in total. The number of carbonyl (C=O) groups is 2. The maximum atomic E-state index is 10.6. The maximum absolute atomic E-state index is 10.6. The number of alkyl halides is 6. The van der Waals surface area contributed by atoms with Gasteiger partial charge in [0.15, 0.2) is 0 Å². The summed E-state index contributed by atoms with van der Waals surface area (Å²) in [7, 11) is 0. The van der Waals surface area contributed by atoms with Crippen LogP contribution >= 0.6 is 0 Å². The molecule has 9 nitrogen and oxygen atoms in total. The first kappa shape index (κ1) is 32.7. The molecule has 3 atom stereocenters. The van der Waals surface area contributed by atoms with Crippen molar-refractivity contribution in [1.82, 2.24) is 9.88 Å². The molecule has 0 spiro atoms. The summed E-state index contributed by atoms with van der Waals surface area (Å²) in [5.41, 5.74) is 1.16. The molecular formula is C24H32F6N2O7. The molecule has 222 valence electrons. The van der Waals surface area contributed by atoms with Gasteiger partial charge in [-0.1, -0.05) is 6.07 Å². The lowest BCUT2D eigenvalue weighted by atomic mass is 9.99. The summed E-state index contributed by atoms with van der Waals surface area (Å²) >= 11 is 0. The molecule has 0 amide bonds. The summed E-state index contributed by atoms with van der Waals surface area (Å²) in [4.78, 5) is 24.8. The first-order chi connectivity index (χ1) is 18.3. The van der Waals surface area contributed by atoms with Gasteiger partial charge in [-0.05, 0) is 50.2 Å². The molecule has 3 aliphatic rings. The van der Waals surface area contributed by atoms with E-state index in [0.717, 1.165) is 70.9 Å². The van der Waals surface area contributed by atoms with Crippen molar-refractivity contribution >= 4 is 11.9 Å². The number of fused-ring (bicyclic) bond motifs is 1. The molecule has 39 heavy (non-hydrogen) atoms. The molecule has 15 heteroatoms. The van der Waals surface area contributed by atoms with Gasteiger partial charge in [0.05, 0.1) is 24.5 Å². The summed E-state index contributed by atoms with van der Waals surface area (Å²) in [6.07, 6.45) is -1.92. The number of hydrogen-bond acceptors (Lipinski definition) is 7. The predicted molar refractivity (Wildman–Crippen MR) is 123 cm³/mol. The van der Waals surface area contributed by atoms with Crippen LogP contribution in [0.5, 0.6) is 0 Å². The zero-order valence-corrected chi connectivity index (χ0v) is 21.0. The highest BCUT2D eigenvalue weighted by molar-refractivity contribution is 5.73. The number of hydrogen-bond donors (Lipinski definition) is 2. The molecule has 4 heterocycles. The number of aliphatic carboxylic acids is 2. The van der Waals surface area contributed by atoms with Crippen LogP contribution in [-0.4, -0.2) is 95.6 Å².